The summed E-state index contributed by atoms with van der Waals surface area (Å²) in [5.41, 5.74) is 4.99. The molecule has 0 saturated carbocycles. The summed E-state index contributed by atoms with van der Waals surface area (Å²) in [6.07, 6.45) is -0.326. The Labute approximate surface area is 73.7 Å². The predicted molar refractivity (Wildman–Crippen MR) is 47.9 cm³/mol. The van der Waals surface area contributed by atoms with E-state index in [4.69, 9.17) is 10.5 Å². The van der Waals surface area contributed by atoms with Gasteiger partial charge in [-0.25, -0.2) is 4.79 Å². The third kappa shape index (κ3) is 3.57. The first-order chi connectivity index (χ1) is 5.39. The Morgan fingerprint density at radius 1 is 1.50 bits per heavy atom. The van der Waals surface area contributed by atoms with Crippen molar-refractivity contribution >= 4 is 6.09 Å². The van der Waals surface area contributed by atoms with E-state index in [-0.39, 0.29) is 18.2 Å². The summed E-state index contributed by atoms with van der Waals surface area (Å²) in [5.74, 6) is 0. The number of carbonyl (C=O) groups excluding carboxylic acids is 1. The molecule has 0 aromatic rings. The van der Waals surface area contributed by atoms with Crippen LogP contribution in [0.4, 0.5) is 4.79 Å². The molecule has 1 amide bonds. The molecule has 12 heavy (non-hydrogen) atoms. The first kappa shape index (κ1) is 11.2. The van der Waals surface area contributed by atoms with Crippen LogP contribution in [0.25, 0.3) is 0 Å². The molecule has 0 spiro atoms. The highest BCUT2D eigenvalue weighted by Crippen LogP contribution is 2.11. The SMILES string of the molecule is CN(C(=O)OCCN)C(C)(C)C. The molecule has 0 unspecified atom stereocenters. The minimum absolute atomic E-state index is 0.203. The lowest BCUT2D eigenvalue weighted by Gasteiger charge is -2.30. The van der Waals surface area contributed by atoms with E-state index in [0.29, 0.717) is 6.54 Å². The largest absolute Gasteiger partial charge is 0.448 e. The van der Waals surface area contributed by atoms with Gasteiger partial charge in [0.05, 0.1) is 0 Å². The van der Waals surface area contributed by atoms with Crippen molar-refractivity contribution in [3.8, 4) is 0 Å². The number of carbonyl (C=O) groups is 1. The molecule has 0 aromatic carbocycles. The molecule has 0 bridgehead atoms. The van der Waals surface area contributed by atoms with Gasteiger partial charge in [0.2, 0.25) is 0 Å². The molecule has 4 heteroatoms. The van der Waals surface area contributed by atoms with Crippen molar-refractivity contribution in [1.82, 2.24) is 4.90 Å². The Kier molecular flexibility index (Phi) is 4.03. The average molecular weight is 174 g/mol. The standard InChI is InChI=1S/C8H18N2O2/c1-8(2,3)10(4)7(11)12-6-5-9/h5-6,9H2,1-4H3. The highest BCUT2D eigenvalue weighted by Gasteiger charge is 2.22. The molecule has 0 atom stereocenters. The van der Waals surface area contributed by atoms with Gasteiger partial charge in [-0.15, -0.1) is 0 Å². The third-order valence-electron chi connectivity index (χ3n) is 1.62. The van der Waals surface area contributed by atoms with E-state index < -0.39 is 0 Å². The van der Waals surface area contributed by atoms with E-state index in [1.807, 2.05) is 20.8 Å². The lowest BCUT2D eigenvalue weighted by atomic mass is 10.1. The monoisotopic (exact) mass is 174 g/mol. The maximum atomic E-state index is 11.2. The minimum atomic E-state index is -0.326. The normalized spacial score (nSPS) is 11.1. The molecule has 2 N–H and O–H groups in total. The first-order valence-electron chi connectivity index (χ1n) is 4.00. The molecule has 0 heterocycles. The maximum absolute atomic E-state index is 11.2. The van der Waals surface area contributed by atoms with Crippen molar-refractivity contribution in [2.24, 2.45) is 5.73 Å². The average Bonchev–Trinajstić information content (AvgIpc) is 1.97. The van der Waals surface area contributed by atoms with Crippen LogP contribution >= 0.6 is 0 Å². The summed E-state index contributed by atoms with van der Waals surface area (Å²) in [6, 6.07) is 0. The van der Waals surface area contributed by atoms with Gasteiger partial charge in [-0.05, 0) is 20.8 Å². The number of hydrogen-bond acceptors (Lipinski definition) is 3. The van der Waals surface area contributed by atoms with Gasteiger partial charge >= 0.3 is 6.09 Å². The van der Waals surface area contributed by atoms with Crippen LogP contribution in [-0.4, -0.2) is 36.7 Å². The predicted octanol–water partition coefficient (Wildman–Crippen LogP) is 0.812. The van der Waals surface area contributed by atoms with Crippen LogP contribution in [0.3, 0.4) is 0 Å². The van der Waals surface area contributed by atoms with Crippen LogP contribution in [-0.2, 0) is 4.74 Å². The Morgan fingerprint density at radius 2 is 2.00 bits per heavy atom. The summed E-state index contributed by atoms with van der Waals surface area (Å²) in [6.45, 7) is 6.47. The summed E-state index contributed by atoms with van der Waals surface area (Å²) < 4.78 is 4.84. The molecular weight excluding hydrogens is 156 g/mol. The Morgan fingerprint density at radius 3 is 2.33 bits per heavy atom. The zero-order chi connectivity index (χ0) is 9.78. The van der Waals surface area contributed by atoms with Crippen LogP contribution < -0.4 is 5.73 Å². The van der Waals surface area contributed by atoms with E-state index >= 15 is 0 Å². The van der Waals surface area contributed by atoms with Crippen LogP contribution in [0.15, 0.2) is 0 Å². The van der Waals surface area contributed by atoms with Gasteiger partial charge < -0.3 is 15.4 Å². The van der Waals surface area contributed by atoms with E-state index in [9.17, 15) is 4.79 Å². The van der Waals surface area contributed by atoms with Crippen molar-refractivity contribution in [1.29, 1.82) is 0 Å². The fraction of sp³-hybridized carbons (Fsp3) is 0.875. The number of ether oxygens (including phenoxy) is 1. The molecule has 0 aliphatic heterocycles. The summed E-state index contributed by atoms with van der Waals surface area (Å²) in [7, 11) is 1.71. The number of nitrogens with two attached hydrogens (primary N) is 1. The summed E-state index contributed by atoms with van der Waals surface area (Å²) in [5, 5.41) is 0. The molecule has 0 fully saturated rings. The van der Waals surface area contributed by atoms with Gasteiger partial charge in [-0.1, -0.05) is 0 Å². The molecule has 0 aliphatic rings. The van der Waals surface area contributed by atoms with Gasteiger partial charge in [0.1, 0.15) is 6.61 Å². The van der Waals surface area contributed by atoms with Crippen LogP contribution in [0.1, 0.15) is 20.8 Å². The number of rotatable bonds is 2. The molecule has 0 radical (unpaired) electrons. The van der Waals surface area contributed by atoms with Gasteiger partial charge in [-0.3, -0.25) is 0 Å². The zero-order valence-electron chi connectivity index (χ0n) is 8.26. The highest BCUT2D eigenvalue weighted by molar-refractivity contribution is 5.68. The smallest absolute Gasteiger partial charge is 0.409 e. The highest BCUT2D eigenvalue weighted by atomic mass is 16.6. The lowest BCUT2D eigenvalue weighted by molar-refractivity contribution is 0.0835. The van der Waals surface area contributed by atoms with Crippen molar-refractivity contribution < 1.29 is 9.53 Å². The Hall–Kier alpha value is -0.770. The van der Waals surface area contributed by atoms with Crippen molar-refractivity contribution in [2.45, 2.75) is 26.3 Å². The Balaban J connectivity index is 3.94. The fourth-order valence-electron chi connectivity index (χ4n) is 0.517. The number of nitrogens with zero attached hydrogens (tertiary/aromatic N) is 1. The fourth-order valence-corrected chi connectivity index (χ4v) is 0.517. The van der Waals surface area contributed by atoms with Crippen molar-refractivity contribution in [2.75, 3.05) is 20.2 Å². The maximum Gasteiger partial charge on any atom is 0.409 e. The van der Waals surface area contributed by atoms with Gasteiger partial charge in [0.25, 0.3) is 0 Å². The van der Waals surface area contributed by atoms with Crippen molar-refractivity contribution in [3.05, 3.63) is 0 Å². The molecule has 0 saturated heterocycles. The van der Waals surface area contributed by atoms with Crippen molar-refractivity contribution in [3.63, 3.8) is 0 Å². The van der Waals surface area contributed by atoms with E-state index in [2.05, 4.69) is 0 Å². The van der Waals surface area contributed by atoms with E-state index in [0.717, 1.165) is 0 Å². The molecule has 0 aromatic heterocycles. The second-order valence-corrected chi connectivity index (χ2v) is 3.63. The third-order valence-corrected chi connectivity index (χ3v) is 1.62. The molecular formula is C8H18N2O2. The number of hydrogen-bond donors (Lipinski definition) is 1. The Bertz CT molecular complexity index is 152. The van der Waals surface area contributed by atoms with Crippen LogP contribution in [0.2, 0.25) is 0 Å². The molecule has 72 valence electrons. The summed E-state index contributed by atoms with van der Waals surface area (Å²) >= 11 is 0. The second kappa shape index (κ2) is 4.30. The molecule has 0 rings (SSSR count). The second-order valence-electron chi connectivity index (χ2n) is 3.63. The summed E-state index contributed by atoms with van der Waals surface area (Å²) in [4.78, 5) is 12.7. The quantitative estimate of drug-likeness (QED) is 0.674. The number of amides is 1. The first-order valence-corrected chi connectivity index (χ1v) is 4.00. The van der Waals surface area contributed by atoms with Gasteiger partial charge in [-0.2, -0.15) is 0 Å². The lowest BCUT2D eigenvalue weighted by Crippen LogP contribution is -2.43. The topological polar surface area (TPSA) is 55.6 Å². The minimum Gasteiger partial charge on any atom is -0.448 e. The van der Waals surface area contributed by atoms with E-state index in [1.165, 1.54) is 0 Å². The van der Waals surface area contributed by atoms with E-state index in [1.54, 1.807) is 11.9 Å². The van der Waals surface area contributed by atoms with Crippen LogP contribution in [0, 0.1) is 0 Å². The molecule has 4 nitrogen and oxygen atoms in total. The van der Waals surface area contributed by atoms with Gasteiger partial charge in [0.15, 0.2) is 0 Å². The zero-order valence-corrected chi connectivity index (χ0v) is 8.26. The molecule has 0 aliphatic carbocycles. The van der Waals surface area contributed by atoms with Crippen LogP contribution in [0.5, 0.6) is 0 Å². The van der Waals surface area contributed by atoms with Gasteiger partial charge in [0, 0.05) is 19.1 Å².